The van der Waals surface area contributed by atoms with E-state index in [0.717, 1.165) is 77.0 Å². The van der Waals surface area contributed by atoms with E-state index in [4.69, 9.17) is 9.47 Å². The Labute approximate surface area is 290 Å². The summed E-state index contributed by atoms with van der Waals surface area (Å²) in [6, 6.07) is 0. The first-order chi connectivity index (χ1) is 23.2. The highest BCUT2D eigenvalue weighted by atomic mass is 16.6. The molecule has 4 heteroatoms. The van der Waals surface area contributed by atoms with Gasteiger partial charge in [-0.2, -0.15) is 0 Å². The molecule has 0 aromatic rings. The number of esters is 1. The van der Waals surface area contributed by atoms with Crippen molar-refractivity contribution in [3.8, 4) is 0 Å². The minimum atomic E-state index is -0.574. The van der Waals surface area contributed by atoms with Gasteiger partial charge in [0.1, 0.15) is 6.10 Å². The molecule has 0 saturated heterocycles. The highest BCUT2D eigenvalue weighted by molar-refractivity contribution is 5.69. The fraction of sp³-hybridized carbons (Fsp3) is 0.651. The second-order valence-corrected chi connectivity index (χ2v) is 12.3. The van der Waals surface area contributed by atoms with Gasteiger partial charge in [-0.15, -0.1) is 0 Å². The van der Waals surface area contributed by atoms with Crippen LogP contribution in [0, 0.1) is 0 Å². The fourth-order valence-corrected chi connectivity index (χ4v) is 4.87. The third-order valence-electron chi connectivity index (χ3n) is 7.70. The minimum absolute atomic E-state index is 0.204. The van der Waals surface area contributed by atoms with Crippen LogP contribution < -0.4 is 0 Å². The zero-order valence-corrected chi connectivity index (χ0v) is 30.5. The van der Waals surface area contributed by atoms with E-state index in [0.29, 0.717) is 13.0 Å². The molecule has 47 heavy (non-hydrogen) atoms. The van der Waals surface area contributed by atoms with Crippen LogP contribution in [0.5, 0.6) is 0 Å². The van der Waals surface area contributed by atoms with Gasteiger partial charge in [-0.05, 0) is 83.5 Å². The van der Waals surface area contributed by atoms with Crippen molar-refractivity contribution in [1.29, 1.82) is 0 Å². The van der Waals surface area contributed by atoms with Gasteiger partial charge in [0.2, 0.25) is 0 Å². The van der Waals surface area contributed by atoms with Gasteiger partial charge in [-0.25, -0.2) is 0 Å². The average Bonchev–Trinajstić information content (AvgIpc) is 3.08. The van der Waals surface area contributed by atoms with Crippen LogP contribution in [-0.2, 0) is 14.3 Å². The largest absolute Gasteiger partial charge is 0.457 e. The second kappa shape index (κ2) is 39.7. The van der Waals surface area contributed by atoms with Gasteiger partial charge in [-0.1, -0.05) is 150 Å². The lowest BCUT2D eigenvalue weighted by molar-refractivity contribution is -0.154. The molecule has 0 rings (SSSR count). The summed E-state index contributed by atoms with van der Waals surface area (Å²) in [6.07, 6.45) is 54.9. The van der Waals surface area contributed by atoms with Gasteiger partial charge in [0.05, 0.1) is 13.2 Å². The van der Waals surface area contributed by atoms with Crippen molar-refractivity contribution in [1.82, 2.24) is 0 Å². The van der Waals surface area contributed by atoms with Gasteiger partial charge in [-0.3, -0.25) is 4.79 Å². The van der Waals surface area contributed by atoms with Crippen molar-refractivity contribution >= 4 is 5.97 Å². The number of allylic oxidation sites excluding steroid dienone is 14. The Morgan fingerprint density at radius 2 is 0.957 bits per heavy atom. The van der Waals surface area contributed by atoms with Crippen molar-refractivity contribution in [2.75, 3.05) is 19.8 Å². The molecule has 0 bridgehead atoms. The number of rotatable bonds is 34. The molecule has 0 aliphatic heterocycles. The van der Waals surface area contributed by atoms with E-state index in [9.17, 15) is 9.90 Å². The van der Waals surface area contributed by atoms with Crippen molar-refractivity contribution < 1.29 is 19.4 Å². The molecule has 0 heterocycles. The number of hydrogen-bond donors (Lipinski definition) is 1. The Morgan fingerprint density at radius 1 is 0.532 bits per heavy atom. The van der Waals surface area contributed by atoms with Crippen LogP contribution in [0.25, 0.3) is 0 Å². The van der Waals surface area contributed by atoms with E-state index >= 15 is 0 Å². The molecule has 0 aromatic heterocycles. The first-order valence-corrected chi connectivity index (χ1v) is 19.2. The first kappa shape index (κ1) is 44.6. The average molecular weight is 653 g/mol. The van der Waals surface area contributed by atoms with Gasteiger partial charge in [0.15, 0.2) is 0 Å². The number of unbranched alkanes of at least 4 members (excludes halogenated alkanes) is 12. The van der Waals surface area contributed by atoms with E-state index in [2.05, 4.69) is 98.9 Å². The zero-order valence-electron chi connectivity index (χ0n) is 30.5. The third-order valence-corrected chi connectivity index (χ3v) is 7.70. The van der Waals surface area contributed by atoms with Crippen LogP contribution in [-0.4, -0.2) is 37.0 Å². The molecule has 0 aliphatic rings. The Balaban J connectivity index is 3.59. The number of aliphatic hydroxyl groups is 1. The summed E-state index contributed by atoms with van der Waals surface area (Å²) in [7, 11) is 0. The molecule has 0 fully saturated rings. The van der Waals surface area contributed by atoms with Crippen LogP contribution in [0.4, 0.5) is 0 Å². The van der Waals surface area contributed by atoms with Gasteiger partial charge >= 0.3 is 5.97 Å². The number of aliphatic hydroxyl groups excluding tert-OH is 1. The van der Waals surface area contributed by atoms with Crippen molar-refractivity contribution in [3.63, 3.8) is 0 Å². The lowest BCUT2D eigenvalue weighted by Crippen LogP contribution is -2.27. The molecule has 268 valence electrons. The molecule has 4 nitrogen and oxygen atoms in total. The van der Waals surface area contributed by atoms with Crippen LogP contribution in [0.3, 0.4) is 0 Å². The summed E-state index contributed by atoms with van der Waals surface area (Å²) >= 11 is 0. The van der Waals surface area contributed by atoms with Gasteiger partial charge < -0.3 is 14.6 Å². The summed E-state index contributed by atoms with van der Waals surface area (Å²) < 4.78 is 11.0. The monoisotopic (exact) mass is 653 g/mol. The summed E-state index contributed by atoms with van der Waals surface area (Å²) in [4.78, 5) is 12.2. The van der Waals surface area contributed by atoms with Crippen LogP contribution in [0.2, 0.25) is 0 Å². The van der Waals surface area contributed by atoms with Crippen molar-refractivity contribution in [2.45, 2.75) is 161 Å². The highest BCUT2D eigenvalue weighted by Crippen LogP contribution is 2.11. The second-order valence-electron chi connectivity index (χ2n) is 12.3. The lowest BCUT2D eigenvalue weighted by atomic mass is 10.1. The van der Waals surface area contributed by atoms with Crippen LogP contribution >= 0.6 is 0 Å². The molecule has 1 atom stereocenters. The quantitative estimate of drug-likeness (QED) is 0.0427. The van der Waals surface area contributed by atoms with E-state index in [-0.39, 0.29) is 19.2 Å². The SMILES string of the molecule is CC/C=C\C/C=C\C/C=C\C/C=C\CCCOCC(CO)OC(=O)CCCCCCCC/C=C\C/C=C\C/C=C\CCCCCCC. The van der Waals surface area contributed by atoms with Crippen molar-refractivity contribution in [3.05, 3.63) is 85.1 Å². The maximum atomic E-state index is 12.2. The lowest BCUT2D eigenvalue weighted by Gasteiger charge is -2.15. The Kier molecular flexibility index (Phi) is 37.7. The van der Waals surface area contributed by atoms with Crippen LogP contribution in [0.1, 0.15) is 155 Å². The first-order valence-electron chi connectivity index (χ1n) is 19.2. The highest BCUT2D eigenvalue weighted by Gasteiger charge is 2.13. The number of ether oxygens (including phenoxy) is 2. The molecular weight excluding hydrogens is 580 g/mol. The molecule has 0 aromatic carbocycles. The molecule has 0 radical (unpaired) electrons. The molecule has 0 aliphatic carbocycles. The molecule has 1 N–H and O–H groups in total. The summed E-state index contributed by atoms with van der Waals surface area (Å²) in [5.74, 6) is -0.236. The summed E-state index contributed by atoms with van der Waals surface area (Å²) in [5, 5.41) is 9.55. The predicted octanol–water partition coefficient (Wildman–Crippen LogP) is 12.4. The summed E-state index contributed by atoms with van der Waals surface area (Å²) in [6.45, 7) is 5.05. The summed E-state index contributed by atoms with van der Waals surface area (Å²) in [5.41, 5.74) is 0. The smallest absolute Gasteiger partial charge is 0.306 e. The Hall–Kier alpha value is -2.43. The number of hydrogen-bond acceptors (Lipinski definition) is 4. The molecule has 1 unspecified atom stereocenters. The van der Waals surface area contributed by atoms with E-state index in [1.54, 1.807) is 0 Å². The molecular formula is C43H72O4. The predicted molar refractivity (Wildman–Crippen MR) is 205 cm³/mol. The minimum Gasteiger partial charge on any atom is -0.457 e. The third kappa shape index (κ3) is 37.9. The maximum absolute atomic E-state index is 12.2. The van der Waals surface area contributed by atoms with Crippen LogP contribution in [0.15, 0.2) is 85.1 Å². The number of carbonyl (C=O) groups is 1. The number of carbonyl (C=O) groups excluding carboxylic acids is 1. The van der Waals surface area contributed by atoms with E-state index < -0.39 is 6.10 Å². The van der Waals surface area contributed by atoms with E-state index in [1.807, 2.05) is 0 Å². The zero-order chi connectivity index (χ0) is 34.1. The van der Waals surface area contributed by atoms with Gasteiger partial charge in [0.25, 0.3) is 0 Å². The topological polar surface area (TPSA) is 55.8 Å². The fourth-order valence-electron chi connectivity index (χ4n) is 4.87. The van der Waals surface area contributed by atoms with Gasteiger partial charge in [0, 0.05) is 13.0 Å². The standard InChI is InChI=1S/C43H72O4/c1-3-5-7-9-11-13-15-17-19-20-21-22-23-24-25-26-28-30-32-34-36-38-43(45)47-42(40-44)41-46-39-37-35-33-31-29-27-18-16-14-12-10-8-6-4-2/h6,8,12,14-15,17-18,20-21,23-24,27,31,33,42,44H,3-5,7,9-11,13,16,19,22,25-26,28-30,32,34-41H2,1-2H3/b8-6-,14-12-,17-15-,21-20-,24-23-,27-18-,33-31-. The van der Waals surface area contributed by atoms with E-state index in [1.165, 1.54) is 57.8 Å². The Morgan fingerprint density at radius 3 is 1.45 bits per heavy atom. The Bertz CT molecular complexity index is 861. The van der Waals surface area contributed by atoms with Crippen molar-refractivity contribution in [2.24, 2.45) is 0 Å². The molecule has 0 saturated carbocycles. The molecule has 0 spiro atoms. The molecule has 0 amide bonds. The maximum Gasteiger partial charge on any atom is 0.306 e. The normalized spacial score (nSPS) is 13.3.